The van der Waals surface area contributed by atoms with Crippen LogP contribution < -0.4 is 16.4 Å². The van der Waals surface area contributed by atoms with Gasteiger partial charge < -0.3 is 16.4 Å². The van der Waals surface area contributed by atoms with Crippen LogP contribution in [0.25, 0.3) is 5.69 Å². The average molecular weight is 405 g/mol. The molecule has 1 fully saturated rings. The van der Waals surface area contributed by atoms with Crippen LogP contribution in [-0.2, 0) is 5.41 Å². The fourth-order valence-electron chi connectivity index (χ4n) is 3.70. The van der Waals surface area contributed by atoms with Gasteiger partial charge in [0, 0.05) is 18.0 Å². The van der Waals surface area contributed by atoms with Gasteiger partial charge in [0.2, 0.25) is 0 Å². The minimum atomic E-state index is -0.658. The molecule has 0 bridgehead atoms. The monoisotopic (exact) mass is 405 g/mol. The molecule has 0 spiro atoms. The van der Waals surface area contributed by atoms with Crippen molar-refractivity contribution < 1.29 is 13.6 Å². The van der Waals surface area contributed by atoms with E-state index in [0.29, 0.717) is 23.8 Å². The lowest BCUT2D eigenvalue weighted by Crippen LogP contribution is -2.34. The Hall–Kier alpha value is -2.64. The van der Waals surface area contributed by atoms with Gasteiger partial charge in [-0.05, 0) is 30.9 Å². The minimum Gasteiger partial charge on any atom is -0.382 e. The van der Waals surface area contributed by atoms with Crippen molar-refractivity contribution in [2.45, 2.75) is 58.3 Å². The Bertz CT molecular complexity index is 882. The van der Waals surface area contributed by atoms with E-state index < -0.39 is 17.0 Å². The summed E-state index contributed by atoms with van der Waals surface area (Å²) in [6.45, 7) is 6.33. The molecule has 3 rings (SSSR count). The Morgan fingerprint density at radius 1 is 1.24 bits per heavy atom. The summed E-state index contributed by atoms with van der Waals surface area (Å²) in [5.74, 6) is -0.729. The molecule has 1 aromatic heterocycles. The smallest absolute Gasteiger partial charge is 0.319 e. The highest BCUT2D eigenvalue weighted by molar-refractivity contribution is 5.93. The quantitative estimate of drug-likeness (QED) is 0.687. The van der Waals surface area contributed by atoms with E-state index in [-0.39, 0.29) is 17.5 Å². The molecular weight excluding hydrogens is 376 g/mol. The van der Waals surface area contributed by atoms with Gasteiger partial charge in [-0.1, -0.05) is 40.0 Å². The van der Waals surface area contributed by atoms with Gasteiger partial charge in [0.15, 0.2) is 5.82 Å². The van der Waals surface area contributed by atoms with Crippen molar-refractivity contribution >= 4 is 17.5 Å². The fourth-order valence-corrected chi connectivity index (χ4v) is 3.70. The number of nitrogens with one attached hydrogen (secondary N) is 2. The lowest BCUT2D eigenvalue weighted by atomic mass is 9.89. The number of carbonyl (C=O) groups is 1. The Balaban J connectivity index is 1.86. The van der Waals surface area contributed by atoms with Crippen molar-refractivity contribution in [3.05, 3.63) is 35.5 Å². The maximum Gasteiger partial charge on any atom is 0.319 e. The van der Waals surface area contributed by atoms with Crippen molar-refractivity contribution in [2.24, 2.45) is 5.92 Å². The summed E-state index contributed by atoms with van der Waals surface area (Å²) in [4.78, 5) is 12.5. The molecule has 1 aliphatic carbocycles. The first kappa shape index (κ1) is 21.1. The van der Waals surface area contributed by atoms with Gasteiger partial charge in [-0.3, -0.25) is 0 Å². The number of hydrogen-bond donors (Lipinski definition) is 3. The summed E-state index contributed by atoms with van der Waals surface area (Å²) in [6.07, 6.45) is 5.88. The van der Waals surface area contributed by atoms with Gasteiger partial charge >= 0.3 is 6.03 Å². The molecule has 8 heteroatoms. The molecule has 4 N–H and O–H groups in total. The Labute approximate surface area is 169 Å². The third-order valence-corrected chi connectivity index (χ3v) is 5.28. The van der Waals surface area contributed by atoms with Crippen molar-refractivity contribution in [2.75, 3.05) is 17.6 Å². The molecule has 0 aliphatic heterocycles. The number of benzene rings is 1. The maximum atomic E-state index is 14.3. The first-order valence-electron chi connectivity index (χ1n) is 10.1. The molecule has 1 aliphatic rings. The summed E-state index contributed by atoms with van der Waals surface area (Å²) in [5.41, 5.74) is 6.42. The van der Waals surface area contributed by atoms with Crippen molar-refractivity contribution in [3.63, 3.8) is 0 Å². The predicted molar refractivity (Wildman–Crippen MR) is 110 cm³/mol. The van der Waals surface area contributed by atoms with E-state index in [9.17, 15) is 13.6 Å². The van der Waals surface area contributed by atoms with Crippen LogP contribution in [0.2, 0.25) is 0 Å². The number of anilines is 2. The second kappa shape index (κ2) is 8.39. The zero-order valence-corrected chi connectivity index (χ0v) is 17.2. The molecule has 0 atom stereocenters. The van der Waals surface area contributed by atoms with E-state index in [1.807, 2.05) is 20.8 Å². The van der Waals surface area contributed by atoms with Crippen LogP contribution in [0.5, 0.6) is 0 Å². The lowest BCUT2D eigenvalue weighted by molar-refractivity contribution is 0.247. The topological polar surface area (TPSA) is 85.0 Å². The molecule has 0 unspecified atom stereocenters. The van der Waals surface area contributed by atoms with E-state index >= 15 is 0 Å². The number of halogens is 2. The van der Waals surface area contributed by atoms with Crippen molar-refractivity contribution in [1.82, 2.24) is 15.1 Å². The van der Waals surface area contributed by atoms with E-state index in [2.05, 4.69) is 15.7 Å². The maximum absolute atomic E-state index is 14.3. The lowest BCUT2D eigenvalue weighted by Gasteiger charge is -2.22. The molecule has 29 heavy (non-hydrogen) atoms. The van der Waals surface area contributed by atoms with Crippen LogP contribution >= 0.6 is 0 Å². The minimum absolute atomic E-state index is 0.0484. The van der Waals surface area contributed by atoms with Crippen LogP contribution in [0.15, 0.2) is 18.2 Å². The Kier molecular flexibility index (Phi) is 6.10. The van der Waals surface area contributed by atoms with Gasteiger partial charge in [0.05, 0.1) is 5.69 Å². The number of amides is 2. The van der Waals surface area contributed by atoms with E-state index in [4.69, 9.17) is 5.73 Å². The van der Waals surface area contributed by atoms with Crippen LogP contribution in [0.3, 0.4) is 0 Å². The molecule has 2 amide bonds. The summed E-state index contributed by atoms with van der Waals surface area (Å²) in [6, 6.07) is 2.69. The highest BCUT2D eigenvalue weighted by Gasteiger charge is 2.28. The number of nitrogen functional groups attached to an aromatic ring is 1. The summed E-state index contributed by atoms with van der Waals surface area (Å²) in [5, 5.41) is 10.1. The standard InChI is InChI=1S/C21H29F2N5O/c1-21(2,3)18-17(26-20(29)25-12-13-7-5-4-6-8-13)19(24)28(27-18)16-11-14(22)9-10-15(16)23/h9-11,13H,4-8,12,24H2,1-3H3,(H2,25,26,29). The first-order valence-corrected chi connectivity index (χ1v) is 10.1. The second-order valence-electron chi connectivity index (χ2n) is 8.71. The first-order chi connectivity index (χ1) is 13.7. The number of carbonyl (C=O) groups excluding carboxylic acids is 1. The molecule has 1 heterocycles. The molecule has 0 saturated heterocycles. The van der Waals surface area contributed by atoms with Crippen LogP contribution in [-0.4, -0.2) is 22.4 Å². The summed E-state index contributed by atoms with van der Waals surface area (Å²) < 4.78 is 29.1. The van der Waals surface area contributed by atoms with Gasteiger partial charge in [-0.15, -0.1) is 0 Å². The fraction of sp³-hybridized carbons (Fsp3) is 0.524. The zero-order valence-electron chi connectivity index (χ0n) is 17.2. The number of rotatable bonds is 4. The molecule has 6 nitrogen and oxygen atoms in total. The Morgan fingerprint density at radius 2 is 1.93 bits per heavy atom. The van der Waals surface area contributed by atoms with Gasteiger partial charge in [0.25, 0.3) is 0 Å². The SMILES string of the molecule is CC(C)(C)c1nn(-c2cc(F)ccc2F)c(N)c1NC(=O)NCC1CCCCC1. The van der Waals surface area contributed by atoms with Crippen LogP contribution in [0.1, 0.15) is 58.6 Å². The molecule has 158 valence electrons. The molecule has 2 aromatic rings. The molecule has 1 saturated carbocycles. The molecule has 0 radical (unpaired) electrons. The van der Waals surface area contributed by atoms with Gasteiger partial charge in [0.1, 0.15) is 23.0 Å². The largest absolute Gasteiger partial charge is 0.382 e. The van der Waals surface area contributed by atoms with Gasteiger partial charge in [-0.25, -0.2) is 18.3 Å². The zero-order chi connectivity index (χ0) is 21.2. The molecular formula is C21H29F2N5O. The van der Waals surface area contributed by atoms with E-state index in [1.54, 1.807) is 0 Å². The third-order valence-electron chi connectivity index (χ3n) is 5.28. The second-order valence-corrected chi connectivity index (χ2v) is 8.71. The predicted octanol–water partition coefficient (Wildman–Crippen LogP) is 4.73. The van der Waals surface area contributed by atoms with E-state index in [1.165, 1.54) is 19.3 Å². The highest BCUT2D eigenvalue weighted by Crippen LogP contribution is 2.35. The third kappa shape index (κ3) is 4.86. The van der Waals surface area contributed by atoms with Crippen molar-refractivity contribution in [1.29, 1.82) is 0 Å². The highest BCUT2D eigenvalue weighted by atomic mass is 19.1. The van der Waals surface area contributed by atoms with Crippen LogP contribution in [0.4, 0.5) is 25.1 Å². The summed E-state index contributed by atoms with van der Waals surface area (Å²) >= 11 is 0. The van der Waals surface area contributed by atoms with E-state index in [0.717, 1.165) is 35.7 Å². The normalized spacial score (nSPS) is 15.3. The van der Waals surface area contributed by atoms with Crippen molar-refractivity contribution in [3.8, 4) is 5.69 Å². The van der Waals surface area contributed by atoms with Gasteiger partial charge in [-0.2, -0.15) is 5.10 Å². The Morgan fingerprint density at radius 3 is 2.59 bits per heavy atom. The average Bonchev–Trinajstić information content (AvgIpc) is 2.99. The summed E-state index contributed by atoms with van der Waals surface area (Å²) in [7, 11) is 0. The van der Waals surface area contributed by atoms with Crippen LogP contribution in [0, 0.1) is 17.6 Å². The number of hydrogen-bond acceptors (Lipinski definition) is 3. The number of nitrogens with zero attached hydrogens (tertiary/aromatic N) is 2. The number of urea groups is 1. The number of aromatic nitrogens is 2. The number of nitrogens with two attached hydrogens (primary N) is 1. The molecule has 1 aromatic carbocycles.